The standard InChI is InChI=1S/C47H59N4O20P3S2/c1-8-48-35-20-38-33(17-27(35)3)43(34-18-28(4)36(49-9-2)21-39(34)68-38)31-13-12-29(19-32(31)45(54)55)37(52)14-15-47(5,6)76-75-26-65-16-10-11-30-23-51(46(56)50-44(30)53)42-22-40(66-25-64-7)41(69-42)24-67-73(60,61)71-74(62,63)70-72(57,58)59/h12-13,17-21,23,33,40-43,49H,8-9,14-16,22,24-26H2,1-7H3,(H,54,55)(H,60,61)(H,62,63)(H,50,53,56)(H2,57,58,59)/t33?,40-,41-,42-,43?/m1/s1. The maximum atomic E-state index is 13.7. The van der Waals surface area contributed by atoms with Crippen LogP contribution in [0, 0.1) is 24.7 Å². The number of aromatic amines is 1. The van der Waals surface area contributed by atoms with Crippen molar-refractivity contribution in [3.05, 3.63) is 114 Å². The molecule has 2 aliphatic heterocycles. The van der Waals surface area contributed by atoms with E-state index in [1.54, 1.807) is 12.1 Å². The number of Topliss-reactive ketones (excluding diaryl/α,β-unsaturated/α-hetero) is 1. The third kappa shape index (κ3) is 16.3. The Morgan fingerprint density at radius 3 is 2.47 bits per heavy atom. The van der Waals surface area contributed by atoms with E-state index < -0.39 is 76.4 Å². The first kappa shape index (κ1) is 60.7. The second kappa shape index (κ2) is 26.0. The predicted octanol–water partition coefficient (Wildman–Crippen LogP) is 7.19. The number of phosphoric ester groups is 1. The first-order chi connectivity index (χ1) is 35.7. The second-order valence-corrected chi connectivity index (χ2v) is 25.3. The van der Waals surface area contributed by atoms with Crippen molar-refractivity contribution in [1.82, 2.24) is 9.55 Å². The molecule has 0 spiro atoms. The summed E-state index contributed by atoms with van der Waals surface area (Å²) in [5.41, 5.74) is 3.49. The Morgan fingerprint density at radius 2 is 1.79 bits per heavy atom. The Morgan fingerprint density at radius 1 is 1.04 bits per heavy atom. The Hall–Kier alpha value is -4.48. The van der Waals surface area contributed by atoms with Gasteiger partial charge in [0.25, 0.3) is 5.56 Å². The molecule has 76 heavy (non-hydrogen) atoms. The highest BCUT2D eigenvalue weighted by Gasteiger charge is 2.44. The lowest BCUT2D eigenvalue weighted by molar-refractivity contribution is -0.107. The minimum Gasteiger partial charge on any atom is -0.478 e. The van der Waals surface area contributed by atoms with Crippen LogP contribution < -0.4 is 21.3 Å². The summed E-state index contributed by atoms with van der Waals surface area (Å²) in [5, 5.41) is 14.0. The monoisotopic (exact) mass is 1160 g/mol. The summed E-state index contributed by atoms with van der Waals surface area (Å²) in [6.45, 7) is 11.8. The van der Waals surface area contributed by atoms with Crippen LogP contribution in [0.25, 0.3) is 0 Å². The number of phosphoric acid groups is 3. The highest BCUT2D eigenvalue weighted by atomic mass is 33.1. The van der Waals surface area contributed by atoms with Crippen LogP contribution in [0.5, 0.6) is 5.75 Å². The van der Waals surface area contributed by atoms with Crippen molar-refractivity contribution in [2.75, 3.05) is 51.5 Å². The highest BCUT2D eigenvalue weighted by Crippen LogP contribution is 2.66. The number of carboxylic acids is 1. The lowest BCUT2D eigenvalue weighted by atomic mass is 9.73. The number of nitrogens with one attached hydrogen (secondary N) is 2. The molecule has 0 radical (unpaired) electrons. The molecule has 1 saturated heterocycles. The molecule has 3 aromatic rings. The number of H-pyrrole nitrogens is 1. The predicted molar refractivity (Wildman–Crippen MR) is 281 cm³/mol. The van der Waals surface area contributed by atoms with Crippen LogP contribution in [0.1, 0.15) is 109 Å². The Balaban J connectivity index is 1.04. The van der Waals surface area contributed by atoms with Crippen molar-refractivity contribution in [3.8, 4) is 17.6 Å². The largest absolute Gasteiger partial charge is 0.490 e. The fraction of sp³-hybridized carbons (Fsp3) is 0.468. The number of hydrogen-bond donors (Lipinski definition) is 7. The molecule has 24 nitrogen and oxygen atoms in total. The number of benzene rings is 2. The number of aromatic nitrogens is 2. The molecule has 2 aromatic carbocycles. The van der Waals surface area contributed by atoms with Crippen molar-refractivity contribution in [1.29, 1.82) is 0 Å². The van der Waals surface area contributed by atoms with Crippen molar-refractivity contribution in [3.63, 3.8) is 0 Å². The van der Waals surface area contributed by atoms with E-state index in [0.717, 1.165) is 38.9 Å². The molecule has 29 heteroatoms. The Labute approximate surface area is 444 Å². The summed E-state index contributed by atoms with van der Waals surface area (Å²) < 4.78 is 76.2. The summed E-state index contributed by atoms with van der Waals surface area (Å²) >= 11 is 0. The van der Waals surface area contributed by atoms with E-state index in [2.05, 4.69) is 41.8 Å². The number of aryl methyl sites for hydroxylation is 1. The third-order valence-corrected chi connectivity index (χ3v) is 18.6. The fourth-order valence-electron chi connectivity index (χ4n) is 8.42. The van der Waals surface area contributed by atoms with Gasteiger partial charge in [0.05, 0.1) is 24.0 Å². The topological polar surface area (TPSA) is 340 Å². The molecule has 0 amide bonds. The number of ether oxygens (including phenoxy) is 5. The zero-order chi connectivity index (χ0) is 55.8. The van der Waals surface area contributed by atoms with Gasteiger partial charge in [-0.3, -0.25) is 28.7 Å². The zero-order valence-electron chi connectivity index (χ0n) is 42.3. The van der Waals surface area contributed by atoms with Gasteiger partial charge in [0.1, 0.15) is 48.7 Å². The van der Waals surface area contributed by atoms with E-state index in [0.29, 0.717) is 36.6 Å². The molecule has 3 aliphatic rings. The van der Waals surface area contributed by atoms with Crippen molar-refractivity contribution >= 4 is 68.2 Å². The number of allylic oxidation sites excluding steroid dienone is 3. The van der Waals surface area contributed by atoms with Crippen LogP contribution in [0.4, 0.5) is 5.69 Å². The summed E-state index contributed by atoms with van der Waals surface area (Å²) in [4.78, 5) is 96.0. The Bertz CT molecular complexity index is 3110. The molecule has 1 aliphatic carbocycles. The smallest absolute Gasteiger partial charge is 0.478 e. The number of anilines is 1. The van der Waals surface area contributed by atoms with Gasteiger partial charge in [-0.1, -0.05) is 51.6 Å². The van der Waals surface area contributed by atoms with Crippen LogP contribution >= 0.6 is 45.1 Å². The molecule has 0 bridgehead atoms. The Kier molecular flexibility index (Phi) is 20.8. The number of hydrogen-bond acceptors (Lipinski definition) is 19. The van der Waals surface area contributed by atoms with E-state index >= 15 is 0 Å². The van der Waals surface area contributed by atoms with E-state index in [1.165, 1.54) is 34.8 Å². The number of fused-ring (bicyclic) bond motifs is 2. The molecule has 1 aromatic heterocycles. The molecule has 1 fully saturated rings. The summed E-state index contributed by atoms with van der Waals surface area (Å²) in [7, 11) is -12.8. The van der Waals surface area contributed by atoms with Crippen molar-refractivity contribution < 1.29 is 84.8 Å². The quantitative estimate of drug-likeness (QED) is 0.0110. The van der Waals surface area contributed by atoms with Crippen LogP contribution in [0.15, 0.2) is 74.6 Å². The molecule has 0 saturated carbocycles. The van der Waals surface area contributed by atoms with Crippen LogP contribution in [-0.2, 0) is 45.8 Å². The molecule has 7 N–H and O–H groups in total. The average molecular weight is 1160 g/mol. The number of aliphatic imine (C=N–C) groups is 1. The van der Waals surface area contributed by atoms with E-state index in [1.807, 2.05) is 59.8 Å². The fourth-order valence-corrected chi connectivity index (χ4v) is 13.7. The zero-order valence-corrected chi connectivity index (χ0v) is 46.6. The van der Waals surface area contributed by atoms with Gasteiger partial charge in [0.15, 0.2) is 5.78 Å². The molecule has 7 atom stereocenters. The number of carboxylic acid groups (broad SMARTS) is 1. The SMILES string of the molecule is CCN=C1C=C2Oc3cc(NCC)c(C)cc3C(c3ccc(C(=O)CCC(C)(C)SSCOCC#Cc4cn([C@H]5C[C@@H](OCOC)[C@@H](COP(=O)(O)OP(=O)(O)OP(=O)(O)O)O5)c(=O)[nH]c4=O)cc3C(=O)O)C2C=C1C. The van der Waals surface area contributed by atoms with Gasteiger partial charge in [-0.25, -0.2) is 23.3 Å². The van der Waals surface area contributed by atoms with Crippen LogP contribution in [0.2, 0.25) is 0 Å². The van der Waals surface area contributed by atoms with Gasteiger partial charge in [0.2, 0.25) is 0 Å². The number of rotatable bonds is 25. The van der Waals surface area contributed by atoms with E-state index in [9.17, 15) is 47.8 Å². The van der Waals surface area contributed by atoms with Gasteiger partial charge in [-0.2, -0.15) is 8.62 Å². The number of methoxy groups -OCH3 is 1. The summed E-state index contributed by atoms with van der Waals surface area (Å²) in [5.74, 6) is 4.70. The van der Waals surface area contributed by atoms with Crippen molar-refractivity contribution in [2.24, 2.45) is 10.9 Å². The maximum Gasteiger partial charge on any atom is 0.490 e. The summed E-state index contributed by atoms with van der Waals surface area (Å²) in [6, 6.07) is 8.90. The number of aromatic carboxylic acids is 1. The third-order valence-electron chi connectivity index (χ3n) is 11.8. The number of nitrogens with zero attached hydrogens (tertiary/aromatic N) is 2. The van der Waals surface area contributed by atoms with Crippen LogP contribution in [0.3, 0.4) is 0 Å². The maximum absolute atomic E-state index is 13.7. The average Bonchev–Trinajstić information content (AvgIpc) is 3.73. The molecule has 6 rings (SSSR count). The highest BCUT2D eigenvalue weighted by molar-refractivity contribution is 8.77. The number of ketones is 1. The second-order valence-electron chi connectivity index (χ2n) is 17.9. The first-order valence-electron chi connectivity index (χ1n) is 23.4. The minimum absolute atomic E-state index is 0.0306. The molecule has 4 unspecified atom stereocenters. The van der Waals surface area contributed by atoms with Gasteiger partial charge >= 0.3 is 35.1 Å². The van der Waals surface area contributed by atoms with Crippen LogP contribution in [-0.4, -0.2) is 115 Å². The summed E-state index contributed by atoms with van der Waals surface area (Å²) in [6.07, 6.45) is 2.14. The normalized spacial score (nSPS) is 21.5. The number of carbonyl (C=O) groups excluding carboxylic acids is 1. The van der Waals surface area contributed by atoms with Crippen molar-refractivity contribution in [2.45, 2.75) is 89.9 Å². The van der Waals surface area contributed by atoms with Gasteiger partial charge in [-0.05, 0) is 76.8 Å². The lowest BCUT2D eigenvalue weighted by Gasteiger charge is -2.37. The van der Waals surface area contributed by atoms with E-state index in [-0.39, 0.29) is 60.6 Å². The molecular formula is C47H59N4O20P3S2. The van der Waals surface area contributed by atoms with Gasteiger partial charge in [-0.15, -0.1) is 0 Å². The first-order valence-corrected chi connectivity index (χ1v) is 30.3. The molecule has 414 valence electrons. The minimum atomic E-state index is -5.79. The van der Waals surface area contributed by atoms with Gasteiger partial charge < -0.3 is 53.7 Å². The lowest BCUT2D eigenvalue weighted by Crippen LogP contribution is -2.33. The van der Waals surface area contributed by atoms with E-state index in [4.69, 9.17) is 38.0 Å². The van der Waals surface area contributed by atoms with Gasteiger partial charge in [0, 0.05) is 84.8 Å². The molecular weight excluding hydrogens is 1100 g/mol. The number of carbonyl (C=O) groups is 2. The molecule has 3 heterocycles.